The van der Waals surface area contributed by atoms with Crippen molar-refractivity contribution in [1.29, 1.82) is 0 Å². The number of anilines is 1. The molecule has 0 fully saturated rings. The molecule has 3 aromatic rings. The number of benzene rings is 3. The summed E-state index contributed by atoms with van der Waals surface area (Å²) < 4.78 is 79.4. The van der Waals surface area contributed by atoms with Crippen molar-refractivity contribution in [2.24, 2.45) is 0 Å². The van der Waals surface area contributed by atoms with Gasteiger partial charge in [-0.1, -0.05) is 48.5 Å². The first-order valence-electron chi connectivity index (χ1n) is 13.7. The molecule has 43 heavy (non-hydrogen) atoms. The molecule has 0 aliphatic carbocycles. The van der Waals surface area contributed by atoms with Crippen molar-refractivity contribution in [3.63, 3.8) is 0 Å². The van der Waals surface area contributed by atoms with Crippen LogP contribution in [-0.2, 0) is 38.8 Å². The second-order valence-corrected chi connectivity index (χ2v) is 12.4. The number of halogens is 4. The summed E-state index contributed by atoms with van der Waals surface area (Å²) in [7, 11) is -3.99. The maximum atomic E-state index is 13.7. The fraction of sp³-hybridized carbons (Fsp3) is 0.355. The van der Waals surface area contributed by atoms with Crippen molar-refractivity contribution in [3.8, 4) is 0 Å². The van der Waals surface area contributed by atoms with Gasteiger partial charge < -0.3 is 10.2 Å². The van der Waals surface area contributed by atoms with Crippen molar-refractivity contribution < 1.29 is 35.6 Å². The van der Waals surface area contributed by atoms with Crippen LogP contribution in [0, 0.1) is 5.82 Å². The molecule has 0 aliphatic rings. The van der Waals surface area contributed by atoms with E-state index >= 15 is 0 Å². The van der Waals surface area contributed by atoms with Gasteiger partial charge in [-0.3, -0.25) is 13.9 Å². The summed E-state index contributed by atoms with van der Waals surface area (Å²) in [5.74, 6) is -1.33. The Balaban J connectivity index is 1.89. The minimum atomic E-state index is -4.67. The molecule has 0 spiro atoms. The third kappa shape index (κ3) is 10.1. The van der Waals surface area contributed by atoms with Gasteiger partial charge in [0.15, 0.2) is 0 Å². The van der Waals surface area contributed by atoms with Gasteiger partial charge in [0.05, 0.1) is 17.5 Å². The summed E-state index contributed by atoms with van der Waals surface area (Å²) in [6, 6.07) is 17.4. The molecule has 0 bridgehead atoms. The zero-order chi connectivity index (χ0) is 31.8. The van der Waals surface area contributed by atoms with Crippen LogP contribution in [0.25, 0.3) is 0 Å². The van der Waals surface area contributed by atoms with E-state index in [0.717, 1.165) is 34.3 Å². The van der Waals surface area contributed by atoms with Crippen molar-refractivity contribution in [1.82, 2.24) is 10.2 Å². The maximum Gasteiger partial charge on any atom is 0.416 e. The van der Waals surface area contributed by atoms with Crippen LogP contribution in [0.2, 0.25) is 0 Å². The van der Waals surface area contributed by atoms with E-state index in [1.54, 1.807) is 13.8 Å². The van der Waals surface area contributed by atoms with E-state index in [4.69, 9.17) is 0 Å². The molecule has 3 rings (SSSR count). The van der Waals surface area contributed by atoms with E-state index < -0.39 is 45.4 Å². The van der Waals surface area contributed by atoms with Crippen molar-refractivity contribution >= 4 is 27.5 Å². The van der Waals surface area contributed by atoms with Crippen LogP contribution in [0.15, 0.2) is 78.9 Å². The number of sulfonamides is 1. The minimum Gasteiger partial charge on any atom is -0.352 e. The number of nitrogens with zero attached hydrogens (tertiary/aromatic N) is 2. The molecule has 0 unspecified atom stereocenters. The van der Waals surface area contributed by atoms with E-state index in [2.05, 4.69) is 5.32 Å². The smallest absolute Gasteiger partial charge is 0.352 e. The fourth-order valence-corrected chi connectivity index (χ4v) is 5.52. The quantitative estimate of drug-likeness (QED) is 0.254. The third-order valence-electron chi connectivity index (χ3n) is 6.58. The topological polar surface area (TPSA) is 86.8 Å². The van der Waals surface area contributed by atoms with Crippen LogP contribution in [-0.4, -0.2) is 50.0 Å². The minimum absolute atomic E-state index is 0.0223. The van der Waals surface area contributed by atoms with Crippen LogP contribution < -0.4 is 9.62 Å². The molecule has 1 atom stereocenters. The molecule has 7 nitrogen and oxygen atoms in total. The Labute approximate surface area is 249 Å². The van der Waals surface area contributed by atoms with Crippen molar-refractivity contribution in [3.05, 3.63) is 101 Å². The van der Waals surface area contributed by atoms with E-state index in [9.17, 15) is 35.6 Å². The monoisotopic (exact) mass is 621 g/mol. The molecule has 3 aromatic carbocycles. The number of carbonyl (C=O) groups excluding carboxylic acids is 2. The summed E-state index contributed by atoms with van der Waals surface area (Å²) in [5, 5.41) is 2.85. The molecule has 0 radical (unpaired) electrons. The predicted molar refractivity (Wildman–Crippen MR) is 157 cm³/mol. The molecule has 0 aliphatic heterocycles. The van der Waals surface area contributed by atoms with E-state index in [-0.39, 0.29) is 44.1 Å². The summed E-state index contributed by atoms with van der Waals surface area (Å²) in [4.78, 5) is 28.5. The number of rotatable bonds is 13. The Hall–Kier alpha value is -3.93. The van der Waals surface area contributed by atoms with Crippen LogP contribution in [0.1, 0.15) is 43.4 Å². The van der Waals surface area contributed by atoms with Crippen LogP contribution in [0.4, 0.5) is 23.2 Å². The molecule has 0 saturated carbocycles. The predicted octanol–water partition coefficient (Wildman–Crippen LogP) is 5.56. The van der Waals surface area contributed by atoms with E-state index in [0.29, 0.717) is 5.56 Å². The number of amides is 2. The third-order valence-corrected chi connectivity index (χ3v) is 7.78. The Morgan fingerprint density at radius 1 is 0.907 bits per heavy atom. The summed E-state index contributed by atoms with van der Waals surface area (Å²) in [5.41, 5.74) is 0.203. The summed E-state index contributed by atoms with van der Waals surface area (Å²) in [6.07, 6.45) is -3.84. The fourth-order valence-electron chi connectivity index (χ4n) is 4.56. The number of alkyl halides is 3. The second kappa shape index (κ2) is 14.5. The van der Waals surface area contributed by atoms with Crippen LogP contribution >= 0.6 is 0 Å². The van der Waals surface area contributed by atoms with Gasteiger partial charge in [-0.15, -0.1) is 0 Å². The largest absolute Gasteiger partial charge is 0.416 e. The average Bonchev–Trinajstić information content (AvgIpc) is 2.93. The molecule has 0 heterocycles. The molecule has 12 heteroatoms. The Kier molecular flexibility index (Phi) is 11.3. The van der Waals surface area contributed by atoms with Gasteiger partial charge in [-0.2, -0.15) is 13.2 Å². The number of nitrogens with one attached hydrogen (secondary N) is 1. The molecule has 0 saturated heterocycles. The molecule has 0 aromatic heterocycles. The zero-order valence-corrected chi connectivity index (χ0v) is 25.0. The molecule has 2 amide bonds. The van der Waals surface area contributed by atoms with Gasteiger partial charge in [0.1, 0.15) is 11.9 Å². The second-order valence-electron chi connectivity index (χ2n) is 10.5. The van der Waals surface area contributed by atoms with Crippen LogP contribution in [0.3, 0.4) is 0 Å². The lowest BCUT2D eigenvalue weighted by Gasteiger charge is -2.32. The first kappa shape index (κ1) is 33.6. The normalized spacial score (nSPS) is 12.6. The average molecular weight is 622 g/mol. The van der Waals surface area contributed by atoms with E-state index in [1.807, 2.05) is 30.3 Å². The first-order chi connectivity index (χ1) is 20.1. The summed E-state index contributed by atoms with van der Waals surface area (Å²) >= 11 is 0. The van der Waals surface area contributed by atoms with Gasteiger partial charge >= 0.3 is 6.18 Å². The van der Waals surface area contributed by atoms with Gasteiger partial charge in [0.25, 0.3) is 0 Å². The Morgan fingerprint density at radius 2 is 1.56 bits per heavy atom. The van der Waals surface area contributed by atoms with Crippen molar-refractivity contribution in [2.45, 2.75) is 57.9 Å². The highest BCUT2D eigenvalue weighted by molar-refractivity contribution is 7.92. The zero-order valence-electron chi connectivity index (χ0n) is 24.1. The lowest BCUT2D eigenvalue weighted by molar-refractivity contribution is -0.141. The lowest BCUT2D eigenvalue weighted by atomic mass is 10.0. The maximum absolute atomic E-state index is 13.7. The van der Waals surface area contributed by atoms with Gasteiger partial charge in [-0.25, -0.2) is 12.8 Å². The molecule has 1 N–H and O–H groups in total. The van der Waals surface area contributed by atoms with Gasteiger partial charge in [0.2, 0.25) is 21.8 Å². The molecular formula is C31H35F4N3O4S. The standard InChI is InChI=1S/C31H35F4N3O4S/c1-22(2)36-30(40)28(19-23-9-5-4-6-10-23)37(21-24-14-16-26(32)17-15-24)29(39)13-8-18-38(43(3,41)42)27-12-7-11-25(20-27)31(33,34)35/h4-7,9-12,14-17,20,22,28H,8,13,18-19,21H2,1-3H3,(H,36,40)/t28-/m0/s1. The van der Waals surface area contributed by atoms with Crippen molar-refractivity contribution in [2.75, 3.05) is 17.1 Å². The highest BCUT2D eigenvalue weighted by Gasteiger charge is 2.33. The SMILES string of the molecule is CC(C)NC(=O)[C@H](Cc1ccccc1)N(Cc1ccc(F)cc1)C(=O)CCCN(c1cccc(C(F)(F)F)c1)S(C)(=O)=O. The lowest BCUT2D eigenvalue weighted by Crippen LogP contribution is -2.51. The summed E-state index contributed by atoms with van der Waals surface area (Å²) in [6.45, 7) is 3.29. The Bertz CT molecular complexity index is 1480. The number of carbonyl (C=O) groups is 2. The van der Waals surface area contributed by atoms with E-state index in [1.165, 1.54) is 35.2 Å². The molecule has 232 valence electrons. The van der Waals surface area contributed by atoms with Crippen LogP contribution in [0.5, 0.6) is 0 Å². The highest BCUT2D eigenvalue weighted by atomic mass is 32.2. The molecular weight excluding hydrogens is 586 g/mol. The highest BCUT2D eigenvalue weighted by Crippen LogP contribution is 2.32. The Morgan fingerprint density at radius 3 is 2.14 bits per heavy atom. The number of hydrogen-bond donors (Lipinski definition) is 1. The number of hydrogen-bond acceptors (Lipinski definition) is 4. The first-order valence-corrected chi connectivity index (χ1v) is 15.5. The van der Waals surface area contributed by atoms with Gasteiger partial charge in [-0.05, 0) is 61.7 Å². The van der Waals surface area contributed by atoms with Gasteiger partial charge in [0, 0.05) is 32.0 Å².